The third-order valence-corrected chi connectivity index (χ3v) is 4.36. The third kappa shape index (κ3) is 3.04. The molecule has 1 aliphatic rings. The molecule has 1 aliphatic heterocycles. The van der Waals surface area contributed by atoms with E-state index >= 15 is 0 Å². The lowest BCUT2D eigenvalue weighted by Gasteiger charge is -2.36. The summed E-state index contributed by atoms with van der Waals surface area (Å²) in [4.78, 5) is 28.9. The van der Waals surface area contributed by atoms with E-state index in [-0.39, 0.29) is 12.3 Å². The molecule has 0 saturated carbocycles. The normalized spacial score (nSPS) is 18.3. The van der Waals surface area contributed by atoms with Crippen LogP contribution >= 0.6 is 11.3 Å². The molecule has 7 heteroatoms. The summed E-state index contributed by atoms with van der Waals surface area (Å²) < 4.78 is 0. The highest BCUT2D eigenvalue weighted by molar-refractivity contribution is 7.13. The fourth-order valence-corrected chi connectivity index (χ4v) is 2.70. The first-order valence-electron chi connectivity index (χ1n) is 6.12. The lowest BCUT2D eigenvalue weighted by atomic mass is 9.80. The minimum Gasteiger partial charge on any atom is -0.481 e. The number of nitrogens with zero attached hydrogens (tertiary/aromatic N) is 2. The average Bonchev–Trinajstić information content (AvgIpc) is 2.75. The highest BCUT2D eigenvalue weighted by Crippen LogP contribution is 2.31. The summed E-state index contributed by atoms with van der Waals surface area (Å²) in [6.07, 6.45) is 1.22. The second-order valence-electron chi connectivity index (χ2n) is 5.10. The van der Waals surface area contributed by atoms with E-state index in [9.17, 15) is 9.59 Å². The van der Waals surface area contributed by atoms with Crippen molar-refractivity contribution in [1.82, 2.24) is 9.88 Å². The van der Waals surface area contributed by atoms with Gasteiger partial charge in [0.05, 0.1) is 17.5 Å². The summed E-state index contributed by atoms with van der Waals surface area (Å²) in [7, 11) is 0. The number of amides is 1. The van der Waals surface area contributed by atoms with Crippen LogP contribution in [-0.4, -0.2) is 40.0 Å². The summed E-state index contributed by atoms with van der Waals surface area (Å²) >= 11 is 1.31. The molecular formula is C12H17N3O3S. The number of rotatable bonds is 3. The van der Waals surface area contributed by atoms with Gasteiger partial charge in [0.1, 0.15) is 0 Å². The zero-order valence-electron chi connectivity index (χ0n) is 10.8. The molecule has 6 nitrogen and oxygen atoms in total. The van der Waals surface area contributed by atoms with Crippen molar-refractivity contribution >= 4 is 28.3 Å². The van der Waals surface area contributed by atoms with Crippen molar-refractivity contribution in [1.29, 1.82) is 0 Å². The number of hydrogen-bond donors (Lipinski definition) is 2. The SMILES string of the molecule is CC1(C(=O)O)CCN(C(=O)Cc2csc(N)n2)CC1. The molecule has 0 bridgehead atoms. The minimum atomic E-state index is -0.785. The van der Waals surface area contributed by atoms with E-state index < -0.39 is 11.4 Å². The summed E-state index contributed by atoms with van der Waals surface area (Å²) in [6, 6.07) is 0. The number of hydrogen-bond acceptors (Lipinski definition) is 5. The highest BCUT2D eigenvalue weighted by Gasteiger charge is 2.37. The van der Waals surface area contributed by atoms with Crippen LogP contribution in [-0.2, 0) is 16.0 Å². The first-order valence-corrected chi connectivity index (χ1v) is 7.00. The molecule has 3 N–H and O–H groups in total. The van der Waals surface area contributed by atoms with E-state index in [1.54, 1.807) is 17.2 Å². The van der Waals surface area contributed by atoms with Crippen LogP contribution in [0.4, 0.5) is 5.13 Å². The van der Waals surface area contributed by atoms with Gasteiger partial charge in [-0.2, -0.15) is 0 Å². The first kappa shape index (κ1) is 13.8. The Labute approximate surface area is 115 Å². The van der Waals surface area contributed by atoms with Gasteiger partial charge in [0.2, 0.25) is 5.91 Å². The van der Waals surface area contributed by atoms with Crippen molar-refractivity contribution in [2.75, 3.05) is 18.8 Å². The Hall–Kier alpha value is -1.63. The number of carboxylic acids is 1. The smallest absolute Gasteiger partial charge is 0.309 e. The van der Waals surface area contributed by atoms with Crippen molar-refractivity contribution in [2.24, 2.45) is 5.41 Å². The molecule has 104 valence electrons. The van der Waals surface area contributed by atoms with Crippen LogP contribution in [0.1, 0.15) is 25.5 Å². The van der Waals surface area contributed by atoms with Crippen LogP contribution in [0, 0.1) is 5.41 Å². The number of nitrogen functional groups attached to an aromatic ring is 1. The fourth-order valence-electron chi connectivity index (χ4n) is 2.13. The van der Waals surface area contributed by atoms with Crippen LogP contribution in [0.2, 0.25) is 0 Å². The van der Waals surface area contributed by atoms with E-state index in [4.69, 9.17) is 10.8 Å². The summed E-state index contributed by atoms with van der Waals surface area (Å²) in [5.74, 6) is -0.801. The molecule has 1 aromatic rings. The monoisotopic (exact) mass is 283 g/mol. The zero-order chi connectivity index (χ0) is 14.0. The molecule has 0 aliphatic carbocycles. The second kappa shape index (κ2) is 5.16. The Kier molecular flexibility index (Phi) is 3.75. The van der Waals surface area contributed by atoms with Gasteiger partial charge < -0.3 is 15.7 Å². The van der Waals surface area contributed by atoms with Crippen LogP contribution in [0.5, 0.6) is 0 Å². The van der Waals surface area contributed by atoms with Gasteiger partial charge in [-0.3, -0.25) is 9.59 Å². The number of carboxylic acid groups (broad SMARTS) is 1. The van der Waals surface area contributed by atoms with Crippen LogP contribution in [0.25, 0.3) is 0 Å². The van der Waals surface area contributed by atoms with Gasteiger partial charge in [0.15, 0.2) is 5.13 Å². The molecule has 19 heavy (non-hydrogen) atoms. The number of aliphatic carboxylic acids is 1. The van der Waals surface area contributed by atoms with Gasteiger partial charge in [-0.1, -0.05) is 0 Å². The largest absolute Gasteiger partial charge is 0.481 e. The minimum absolute atomic E-state index is 0.0160. The summed E-state index contributed by atoms with van der Waals surface area (Å²) in [6.45, 7) is 2.71. The van der Waals surface area contributed by atoms with Crippen LogP contribution in [0.15, 0.2) is 5.38 Å². The maximum atomic E-state index is 12.1. The molecule has 1 fully saturated rings. The molecule has 1 saturated heterocycles. The second-order valence-corrected chi connectivity index (χ2v) is 5.99. The van der Waals surface area contributed by atoms with Crippen molar-refractivity contribution < 1.29 is 14.7 Å². The number of piperidine rings is 1. The lowest BCUT2D eigenvalue weighted by Crippen LogP contribution is -2.45. The number of anilines is 1. The maximum absolute atomic E-state index is 12.1. The average molecular weight is 283 g/mol. The van der Waals surface area contributed by atoms with Crippen molar-refractivity contribution in [2.45, 2.75) is 26.2 Å². The van der Waals surface area contributed by atoms with Gasteiger partial charge in [0.25, 0.3) is 0 Å². The van der Waals surface area contributed by atoms with E-state index in [1.807, 2.05) is 0 Å². The van der Waals surface area contributed by atoms with Gasteiger partial charge in [-0.25, -0.2) is 4.98 Å². The fraction of sp³-hybridized carbons (Fsp3) is 0.583. The van der Waals surface area contributed by atoms with Gasteiger partial charge in [0, 0.05) is 18.5 Å². The highest BCUT2D eigenvalue weighted by atomic mass is 32.1. The maximum Gasteiger partial charge on any atom is 0.309 e. The molecule has 0 atom stereocenters. The molecule has 0 radical (unpaired) electrons. The van der Waals surface area contributed by atoms with E-state index in [1.165, 1.54) is 11.3 Å². The molecule has 1 amide bonds. The van der Waals surface area contributed by atoms with Crippen LogP contribution < -0.4 is 5.73 Å². The predicted molar refractivity (Wildman–Crippen MR) is 71.8 cm³/mol. The lowest BCUT2D eigenvalue weighted by molar-refractivity contribution is -0.152. The zero-order valence-corrected chi connectivity index (χ0v) is 11.6. The predicted octanol–water partition coefficient (Wildman–Crippen LogP) is 0.981. The summed E-state index contributed by atoms with van der Waals surface area (Å²) in [5.41, 5.74) is 5.49. The standard InChI is InChI=1S/C12H17N3O3S/c1-12(10(17)18)2-4-15(5-3-12)9(16)6-8-7-19-11(13)14-8/h7H,2-6H2,1H3,(H2,13,14)(H,17,18). The van der Waals surface area contributed by atoms with Crippen LogP contribution in [0.3, 0.4) is 0 Å². The van der Waals surface area contributed by atoms with Gasteiger partial charge in [-0.15, -0.1) is 11.3 Å². The Balaban J connectivity index is 1.91. The summed E-state index contributed by atoms with van der Waals surface area (Å²) in [5, 5.41) is 11.4. The Morgan fingerprint density at radius 2 is 2.16 bits per heavy atom. The first-order chi connectivity index (χ1) is 8.90. The quantitative estimate of drug-likeness (QED) is 0.862. The van der Waals surface area contributed by atoms with Gasteiger partial charge in [-0.05, 0) is 19.8 Å². The number of thiazole rings is 1. The third-order valence-electron chi connectivity index (χ3n) is 3.64. The van der Waals surface area contributed by atoms with Gasteiger partial charge >= 0.3 is 5.97 Å². The number of likely N-dealkylation sites (tertiary alicyclic amines) is 1. The Morgan fingerprint density at radius 3 is 2.63 bits per heavy atom. The molecular weight excluding hydrogens is 266 g/mol. The molecule has 2 heterocycles. The number of carbonyl (C=O) groups is 2. The van der Waals surface area contributed by atoms with Crippen molar-refractivity contribution in [3.8, 4) is 0 Å². The topological polar surface area (TPSA) is 96.5 Å². The Morgan fingerprint density at radius 1 is 1.53 bits per heavy atom. The van der Waals surface area contributed by atoms with Crippen molar-refractivity contribution in [3.05, 3.63) is 11.1 Å². The molecule has 0 unspecified atom stereocenters. The van der Waals surface area contributed by atoms with Crippen molar-refractivity contribution in [3.63, 3.8) is 0 Å². The molecule has 0 aromatic carbocycles. The Bertz CT molecular complexity index is 492. The molecule has 0 spiro atoms. The number of nitrogens with two attached hydrogens (primary N) is 1. The van der Waals surface area contributed by atoms with E-state index in [0.29, 0.717) is 36.8 Å². The number of aromatic nitrogens is 1. The van der Waals surface area contributed by atoms with E-state index in [0.717, 1.165) is 0 Å². The van der Waals surface area contributed by atoms with E-state index in [2.05, 4.69) is 4.98 Å². The molecule has 1 aromatic heterocycles. The molecule has 2 rings (SSSR count). The number of carbonyl (C=O) groups excluding carboxylic acids is 1.